The molecule has 2 aliphatic heterocycles. The van der Waals surface area contributed by atoms with Crippen molar-refractivity contribution < 1.29 is 9.59 Å². The number of piperidine rings is 1. The fourth-order valence-electron chi connectivity index (χ4n) is 6.27. The van der Waals surface area contributed by atoms with E-state index >= 15 is 0 Å². The second kappa shape index (κ2) is 8.10. The summed E-state index contributed by atoms with van der Waals surface area (Å²) >= 11 is 0. The van der Waals surface area contributed by atoms with Crippen LogP contribution in [0.4, 0.5) is 4.79 Å². The highest BCUT2D eigenvalue weighted by Crippen LogP contribution is 2.48. The molecule has 1 aromatic carbocycles. The Morgan fingerprint density at radius 2 is 1.69 bits per heavy atom. The lowest BCUT2D eigenvalue weighted by Gasteiger charge is -2.58. The lowest BCUT2D eigenvalue weighted by Crippen LogP contribution is -2.75. The molecule has 3 amide bonds. The van der Waals surface area contributed by atoms with Gasteiger partial charge in [-0.3, -0.25) is 9.69 Å². The van der Waals surface area contributed by atoms with E-state index in [1.807, 2.05) is 30.3 Å². The first-order valence-corrected chi connectivity index (χ1v) is 11.2. The number of amides is 3. The molecule has 4 unspecified atom stereocenters. The number of urea groups is 1. The molecule has 5 nitrogen and oxygen atoms in total. The predicted molar refractivity (Wildman–Crippen MR) is 116 cm³/mol. The van der Waals surface area contributed by atoms with Gasteiger partial charge in [-0.2, -0.15) is 0 Å². The number of carbonyl (C=O) groups excluding carboxylic acids is 2. The zero-order valence-electron chi connectivity index (χ0n) is 18.7. The number of nitrogens with one attached hydrogen (secondary N) is 2. The second-order valence-electron chi connectivity index (χ2n) is 9.52. The van der Waals surface area contributed by atoms with Crippen molar-refractivity contribution in [1.29, 1.82) is 0 Å². The molecule has 0 aromatic heterocycles. The lowest BCUT2D eigenvalue weighted by molar-refractivity contribution is -0.140. The van der Waals surface area contributed by atoms with Crippen molar-refractivity contribution in [3.05, 3.63) is 35.9 Å². The van der Waals surface area contributed by atoms with Crippen molar-refractivity contribution >= 4 is 11.9 Å². The number of rotatable bonds is 7. The average molecular weight is 400 g/mol. The number of hydrogen-bond acceptors (Lipinski definition) is 3. The van der Waals surface area contributed by atoms with Gasteiger partial charge in [-0.15, -0.1) is 0 Å². The Labute approximate surface area is 175 Å². The number of hydrogen-bond donors (Lipinski definition) is 2. The van der Waals surface area contributed by atoms with Crippen LogP contribution in [0.2, 0.25) is 0 Å². The molecular weight excluding hydrogens is 362 g/mol. The van der Waals surface area contributed by atoms with Crippen LogP contribution in [0.15, 0.2) is 30.3 Å². The molecule has 1 aromatic rings. The maximum atomic E-state index is 13.9. The Hall–Kier alpha value is -1.88. The largest absolute Gasteiger partial charge is 0.325 e. The van der Waals surface area contributed by atoms with Crippen LogP contribution in [-0.4, -0.2) is 33.5 Å². The smallest absolute Gasteiger partial charge is 0.323 e. The van der Waals surface area contributed by atoms with Gasteiger partial charge in [0.2, 0.25) is 0 Å². The van der Waals surface area contributed by atoms with E-state index in [0.717, 1.165) is 37.7 Å². The molecule has 2 fully saturated rings. The van der Waals surface area contributed by atoms with E-state index in [1.54, 1.807) is 0 Å². The average Bonchev–Trinajstić information content (AvgIpc) is 2.86. The van der Waals surface area contributed by atoms with E-state index in [2.05, 4.69) is 45.3 Å². The van der Waals surface area contributed by atoms with Crippen LogP contribution in [0.25, 0.3) is 0 Å². The summed E-state index contributed by atoms with van der Waals surface area (Å²) in [4.78, 5) is 28.3. The van der Waals surface area contributed by atoms with Crippen LogP contribution in [0.1, 0.15) is 78.7 Å². The maximum Gasteiger partial charge on any atom is 0.325 e. The first-order chi connectivity index (χ1) is 13.7. The molecule has 2 aliphatic rings. The highest BCUT2D eigenvalue weighted by Gasteiger charge is 2.64. The topological polar surface area (TPSA) is 61.4 Å². The number of benzene rings is 1. The predicted octanol–water partition coefficient (Wildman–Crippen LogP) is 4.61. The monoisotopic (exact) mass is 399 g/mol. The van der Waals surface area contributed by atoms with Crippen LogP contribution in [-0.2, 0) is 11.3 Å². The van der Waals surface area contributed by atoms with E-state index in [1.165, 1.54) is 4.90 Å². The molecule has 29 heavy (non-hydrogen) atoms. The summed E-state index contributed by atoms with van der Waals surface area (Å²) in [5.41, 5.74) is -0.240. The van der Waals surface area contributed by atoms with Gasteiger partial charge in [-0.25, -0.2) is 4.79 Å². The Morgan fingerprint density at radius 1 is 1.03 bits per heavy atom. The molecule has 5 heteroatoms. The molecule has 2 saturated heterocycles. The molecule has 160 valence electrons. The van der Waals surface area contributed by atoms with Crippen LogP contribution in [0.5, 0.6) is 0 Å². The van der Waals surface area contributed by atoms with E-state index in [-0.39, 0.29) is 28.9 Å². The minimum absolute atomic E-state index is 0.0515. The third-order valence-corrected chi connectivity index (χ3v) is 6.99. The highest BCUT2D eigenvalue weighted by atomic mass is 16.2. The van der Waals surface area contributed by atoms with Crippen molar-refractivity contribution in [3.8, 4) is 0 Å². The first-order valence-electron chi connectivity index (χ1n) is 11.2. The Kier molecular flexibility index (Phi) is 6.09. The minimum atomic E-state index is -0.834. The molecule has 4 atom stereocenters. The number of imide groups is 1. The van der Waals surface area contributed by atoms with Gasteiger partial charge in [-0.1, -0.05) is 63.9 Å². The third-order valence-electron chi connectivity index (χ3n) is 6.99. The van der Waals surface area contributed by atoms with Crippen molar-refractivity contribution in [1.82, 2.24) is 15.5 Å². The summed E-state index contributed by atoms with van der Waals surface area (Å²) in [6.07, 6.45) is 5.52. The minimum Gasteiger partial charge on any atom is -0.323 e. The quantitative estimate of drug-likeness (QED) is 0.658. The normalized spacial score (nSPS) is 34.7. The van der Waals surface area contributed by atoms with Crippen LogP contribution < -0.4 is 10.6 Å². The standard InChI is InChI=1S/C24H37N3O2/c1-6-14-22(4)17-24(19(8-3)23(5,26-22)15-7-2)20(28)27(21(29)25-24)16-18-12-10-9-11-13-18/h9-13,19,26H,6-8,14-17H2,1-5H3,(H,25,29). The van der Waals surface area contributed by atoms with Gasteiger partial charge in [-0.05, 0) is 45.1 Å². The molecule has 2 heterocycles. The van der Waals surface area contributed by atoms with E-state index in [0.29, 0.717) is 13.0 Å². The van der Waals surface area contributed by atoms with E-state index in [4.69, 9.17) is 0 Å². The number of nitrogens with zero attached hydrogens (tertiary/aromatic N) is 1. The fourth-order valence-corrected chi connectivity index (χ4v) is 6.27. The van der Waals surface area contributed by atoms with Crippen molar-refractivity contribution in [2.45, 2.75) is 96.3 Å². The summed E-state index contributed by atoms with van der Waals surface area (Å²) in [5, 5.41) is 7.15. The molecule has 1 spiro atoms. The summed E-state index contributed by atoms with van der Waals surface area (Å²) < 4.78 is 0. The first kappa shape index (κ1) is 21.8. The van der Waals surface area contributed by atoms with Gasteiger partial charge in [0.25, 0.3) is 5.91 Å². The van der Waals surface area contributed by atoms with Crippen LogP contribution in [0, 0.1) is 5.92 Å². The van der Waals surface area contributed by atoms with Gasteiger partial charge in [0, 0.05) is 17.0 Å². The molecule has 3 rings (SSSR count). The van der Waals surface area contributed by atoms with Gasteiger partial charge in [0.1, 0.15) is 5.54 Å². The Balaban J connectivity index is 2.01. The fraction of sp³-hybridized carbons (Fsp3) is 0.667. The van der Waals surface area contributed by atoms with Gasteiger partial charge in [0.05, 0.1) is 6.54 Å². The molecule has 2 N–H and O–H groups in total. The summed E-state index contributed by atoms with van der Waals surface area (Å²) in [5.74, 6) is 0.00136. The van der Waals surface area contributed by atoms with Crippen LogP contribution in [0.3, 0.4) is 0 Å². The molecule has 0 bridgehead atoms. The molecule has 0 radical (unpaired) electrons. The Morgan fingerprint density at radius 3 is 2.28 bits per heavy atom. The summed E-state index contributed by atoms with van der Waals surface area (Å²) in [6.45, 7) is 11.3. The zero-order valence-corrected chi connectivity index (χ0v) is 18.7. The highest BCUT2D eigenvalue weighted by molar-refractivity contribution is 6.07. The third kappa shape index (κ3) is 3.81. The SMILES string of the molecule is CCCC1(C)CC2(NC(=O)N(Cc3ccccc3)C2=O)C(CC)C(C)(CCC)N1. The Bertz CT molecular complexity index is 752. The second-order valence-corrected chi connectivity index (χ2v) is 9.52. The zero-order chi connectivity index (χ0) is 21.3. The van der Waals surface area contributed by atoms with Gasteiger partial charge in [0.15, 0.2) is 0 Å². The molecule has 0 saturated carbocycles. The van der Waals surface area contributed by atoms with Crippen molar-refractivity contribution in [2.75, 3.05) is 0 Å². The summed E-state index contributed by atoms with van der Waals surface area (Å²) in [6, 6.07) is 9.51. The van der Waals surface area contributed by atoms with Gasteiger partial charge < -0.3 is 10.6 Å². The van der Waals surface area contributed by atoms with Gasteiger partial charge >= 0.3 is 6.03 Å². The maximum absolute atomic E-state index is 13.9. The molecule has 0 aliphatic carbocycles. The van der Waals surface area contributed by atoms with Crippen molar-refractivity contribution in [2.24, 2.45) is 5.92 Å². The van der Waals surface area contributed by atoms with Crippen LogP contribution >= 0.6 is 0 Å². The summed E-state index contributed by atoms with van der Waals surface area (Å²) in [7, 11) is 0. The number of carbonyl (C=O) groups is 2. The van der Waals surface area contributed by atoms with Crippen molar-refractivity contribution in [3.63, 3.8) is 0 Å². The van der Waals surface area contributed by atoms with E-state index < -0.39 is 5.54 Å². The van der Waals surface area contributed by atoms with E-state index in [9.17, 15) is 9.59 Å². The molecular formula is C24H37N3O2. The lowest BCUT2D eigenvalue weighted by atomic mass is 9.59.